The summed E-state index contributed by atoms with van der Waals surface area (Å²) >= 11 is 0. The molecule has 1 amide bonds. The Morgan fingerprint density at radius 1 is 1.40 bits per heavy atom. The van der Waals surface area contributed by atoms with E-state index in [-0.39, 0.29) is 5.91 Å². The van der Waals surface area contributed by atoms with Gasteiger partial charge in [-0.2, -0.15) is 0 Å². The lowest BCUT2D eigenvalue weighted by Gasteiger charge is -2.26. The lowest BCUT2D eigenvalue weighted by Crippen LogP contribution is -2.40. The zero-order chi connectivity index (χ0) is 14.4. The molecule has 0 atom stereocenters. The molecule has 5 heteroatoms. The second-order valence-corrected chi connectivity index (χ2v) is 5.14. The number of carbonyl (C=O) groups is 1. The average Bonchev–Trinajstić information content (AvgIpc) is 2.46. The first-order valence-corrected chi connectivity index (χ1v) is 7.07. The SMILES string of the molecule is Cc1cc(C(N)=O)ccc1CNCCN1CCOCC1. The number of hydrogen-bond donors (Lipinski definition) is 2. The molecule has 0 radical (unpaired) electrons. The first-order valence-electron chi connectivity index (χ1n) is 7.07. The van der Waals surface area contributed by atoms with Crippen molar-refractivity contribution in [3.8, 4) is 0 Å². The van der Waals surface area contributed by atoms with Crippen LogP contribution in [-0.4, -0.2) is 50.2 Å². The molecule has 1 aliphatic heterocycles. The van der Waals surface area contributed by atoms with Gasteiger partial charge in [0.1, 0.15) is 0 Å². The number of benzene rings is 1. The zero-order valence-corrected chi connectivity index (χ0v) is 12.0. The number of ether oxygens (including phenoxy) is 1. The Bertz CT molecular complexity index is 456. The van der Waals surface area contributed by atoms with Crippen LogP contribution in [0.25, 0.3) is 0 Å². The standard InChI is InChI=1S/C15H23N3O2/c1-12-10-13(15(16)19)2-3-14(12)11-17-4-5-18-6-8-20-9-7-18/h2-3,10,17H,4-9,11H2,1H3,(H2,16,19). The molecule has 0 bridgehead atoms. The van der Waals surface area contributed by atoms with Crippen molar-refractivity contribution in [3.63, 3.8) is 0 Å². The van der Waals surface area contributed by atoms with Gasteiger partial charge in [0.05, 0.1) is 13.2 Å². The van der Waals surface area contributed by atoms with E-state index in [2.05, 4.69) is 10.2 Å². The molecule has 5 nitrogen and oxygen atoms in total. The van der Waals surface area contributed by atoms with Crippen molar-refractivity contribution in [2.75, 3.05) is 39.4 Å². The number of hydrogen-bond acceptors (Lipinski definition) is 4. The van der Waals surface area contributed by atoms with Gasteiger partial charge in [0.2, 0.25) is 5.91 Å². The van der Waals surface area contributed by atoms with Crippen LogP contribution in [0.3, 0.4) is 0 Å². The van der Waals surface area contributed by atoms with E-state index in [0.717, 1.165) is 51.5 Å². The van der Waals surface area contributed by atoms with Crippen LogP contribution in [-0.2, 0) is 11.3 Å². The first kappa shape index (κ1) is 15.0. The third-order valence-corrected chi connectivity index (χ3v) is 3.65. The van der Waals surface area contributed by atoms with Gasteiger partial charge in [-0.05, 0) is 30.2 Å². The monoisotopic (exact) mass is 277 g/mol. The Morgan fingerprint density at radius 2 is 2.15 bits per heavy atom. The molecule has 0 unspecified atom stereocenters. The summed E-state index contributed by atoms with van der Waals surface area (Å²) in [5.41, 5.74) is 8.14. The Labute approximate surface area is 120 Å². The summed E-state index contributed by atoms with van der Waals surface area (Å²) in [6.07, 6.45) is 0. The maximum atomic E-state index is 11.1. The summed E-state index contributed by atoms with van der Waals surface area (Å²) in [6.45, 7) is 8.54. The van der Waals surface area contributed by atoms with E-state index in [0.29, 0.717) is 5.56 Å². The van der Waals surface area contributed by atoms with E-state index >= 15 is 0 Å². The molecule has 1 heterocycles. The normalized spacial score (nSPS) is 16.2. The third-order valence-electron chi connectivity index (χ3n) is 3.65. The van der Waals surface area contributed by atoms with Gasteiger partial charge in [0.25, 0.3) is 0 Å². The molecule has 1 aliphatic rings. The van der Waals surface area contributed by atoms with Gasteiger partial charge in [0, 0.05) is 38.3 Å². The number of aryl methyl sites for hydroxylation is 1. The first-order chi connectivity index (χ1) is 9.66. The van der Waals surface area contributed by atoms with Gasteiger partial charge in [0.15, 0.2) is 0 Å². The van der Waals surface area contributed by atoms with E-state index < -0.39 is 0 Å². The average molecular weight is 277 g/mol. The fourth-order valence-corrected chi connectivity index (χ4v) is 2.33. The fourth-order valence-electron chi connectivity index (χ4n) is 2.33. The molecule has 110 valence electrons. The molecule has 1 fully saturated rings. The fraction of sp³-hybridized carbons (Fsp3) is 0.533. The van der Waals surface area contributed by atoms with E-state index in [1.807, 2.05) is 19.1 Å². The minimum Gasteiger partial charge on any atom is -0.379 e. The molecule has 2 rings (SSSR count). The number of nitrogens with one attached hydrogen (secondary N) is 1. The zero-order valence-electron chi connectivity index (χ0n) is 12.0. The maximum absolute atomic E-state index is 11.1. The van der Waals surface area contributed by atoms with E-state index in [4.69, 9.17) is 10.5 Å². The smallest absolute Gasteiger partial charge is 0.248 e. The summed E-state index contributed by atoms with van der Waals surface area (Å²) in [5.74, 6) is -0.375. The summed E-state index contributed by atoms with van der Waals surface area (Å²) in [7, 11) is 0. The quantitative estimate of drug-likeness (QED) is 0.744. The van der Waals surface area contributed by atoms with Crippen molar-refractivity contribution in [1.29, 1.82) is 0 Å². The van der Waals surface area contributed by atoms with Crippen molar-refractivity contribution in [2.45, 2.75) is 13.5 Å². The summed E-state index contributed by atoms with van der Waals surface area (Å²) in [6, 6.07) is 5.60. The summed E-state index contributed by atoms with van der Waals surface area (Å²) in [5, 5.41) is 3.44. The van der Waals surface area contributed by atoms with Crippen LogP contribution < -0.4 is 11.1 Å². The van der Waals surface area contributed by atoms with Crippen LogP contribution in [0.15, 0.2) is 18.2 Å². The number of amides is 1. The molecular weight excluding hydrogens is 254 g/mol. The molecule has 1 aromatic carbocycles. The highest BCUT2D eigenvalue weighted by atomic mass is 16.5. The third kappa shape index (κ3) is 4.30. The van der Waals surface area contributed by atoms with Crippen molar-refractivity contribution in [3.05, 3.63) is 34.9 Å². The predicted octanol–water partition coefficient (Wildman–Crippen LogP) is 0.516. The van der Waals surface area contributed by atoms with Crippen molar-refractivity contribution in [1.82, 2.24) is 10.2 Å². The van der Waals surface area contributed by atoms with Gasteiger partial charge >= 0.3 is 0 Å². The van der Waals surface area contributed by atoms with E-state index in [1.165, 1.54) is 5.56 Å². The number of nitrogens with two attached hydrogens (primary N) is 1. The minimum absolute atomic E-state index is 0.375. The van der Waals surface area contributed by atoms with Crippen LogP contribution in [0.1, 0.15) is 21.5 Å². The van der Waals surface area contributed by atoms with Crippen LogP contribution >= 0.6 is 0 Å². The summed E-state index contributed by atoms with van der Waals surface area (Å²) < 4.78 is 5.32. The lowest BCUT2D eigenvalue weighted by molar-refractivity contribution is 0.0384. The molecule has 20 heavy (non-hydrogen) atoms. The van der Waals surface area contributed by atoms with E-state index in [1.54, 1.807) is 6.07 Å². The summed E-state index contributed by atoms with van der Waals surface area (Å²) in [4.78, 5) is 13.5. The second kappa shape index (κ2) is 7.38. The second-order valence-electron chi connectivity index (χ2n) is 5.14. The number of carbonyl (C=O) groups excluding carboxylic acids is 1. The van der Waals surface area contributed by atoms with E-state index in [9.17, 15) is 4.79 Å². The molecule has 3 N–H and O–H groups in total. The highest BCUT2D eigenvalue weighted by molar-refractivity contribution is 5.93. The molecule has 0 aromatic heterocycles. The van der Waals surface area contributed by atoms with Gasteiger partial charge in [-0.1, -0.05) is 6.07 Å². The lowest BCUT2D eigenvalue weighted by atomic mass is 10.0. The Kier molecular flexibility index (Phi) is 5.52. The molecule has 0 aliphatic carbocycles. The number of rotatable bonds is 6. The van der Waals surface area contributed by atoms with Crippen LogP contribution in [0.2, 0.25) is 0 Å². The highest BCUT2D eigenvalue weighted by Gasteiger charge is 2.09. The van der Waals surface area contributed by atoms with Gasteiger partial charge in [-0.25, -0.2) is 0 Å². The van der Waals surface area contributed by atoms with Crippen molar-refractivity contribution < 1.29 is 9.53 Å². The molecule has 1 aromatic rings. The van der Waals surface area contributed by atoms with Crippen LogP contribution in [0, 0.1) is 6.92 Å². The molecule has 0 spiro atoms. The predicted molar refractivity (Wildman–Crippen MR) is 78.7 cm³/mol. The van der Waals surface area contributed by atoms with Gasteiger partial charge < -0.3 is 15.8 Å². The topological polar surface area (TPSA) is 67.6 Å². The van der Waals surface area contributed by atoms with Crippen LogP contribution in [0.4, 0.5) is 0 Å². The number of primary amides is 1. The highest BCUT2D eigenvalue weighted by Crippen LogP contribution is 2.10. The number of nitrogens with zero attached hydrogens (tertiary/aromatic N) is 1. The molecule has 1 saturated heterocycles. The Morgan fingerprint density at radius 3 is 2.80 bits per heavy atom. The minimum atomic E-state index is -0.375. The van der Waals surface area contributed by atoms with Crippen molar-refractivity contribution >= 4 is 5.91 Å². The molecular formula is C15H23N3O2. The Hall–Kier alpha value is -1.43. The largest absolute Gasteiger partial charge is 0.379 e. The van der Waals surface area contributed by atoms with Crippen LogP contribution in [0.5, 0.6) is 0 Å². The molecule has 0 saturated carbocycles. The maximum Gasteiger partial charge on any atom is 0.248 e. The van der Waals surface area contributed by atoms with Gasteiger partial charge in [-0.3, -0.25) is 9.69 Å². The number of morpholine rings is 1. The Balaban J connectivity index is 1.74. The van der Waals surface area contributed by atoms with Crippen molar-refractivity contribution in [2.24, 2.45) is 5.73 Å². The van der Waals surface area contributed by atoms with Gasteiger partial charge in [-0.15, -0.1) is 0 Å².